The van der Waals surface area contributed by atoms with Gasteiger partial charge in [0.1, 0.15) is 0 Å². The molecule has 0 aromatic rings. The highest BCUT2D eigenvalue weighted by Crippen LogP contribution is 2.10. The van der Waals surface area contributed by atoms with Gasteiger partial charge in [-0.05, 0) is 30.3 Å². The van der Waals surface area contributed by atoms with Crippen LogP contribution in [-0.4, -0.2) is 34.3 Å². The van der Waals surface area contributed by atoms with Crippen LogP contribution >= 0.6 is 11.8 Å². The maximum atomic E-state index is 10.1. The van der Waals surface area contributed by atoms with E-state index < -0.39 is 5.97 Å². The van der Waals surface area contributed by atoms with E-state index in [1.54, 1.807) is 11.8 Å². The van der Waals surface area contributed by atoms with E-state index in [1.165, 1.54) is 0 Å². The molecule has 0 heterocycles. The van der Waals surface area contributed by atoms with E-state index in [9.17, 15) is 4.79 Å². The van der Waals surface area contributed by atoms with Gasteiger partial charge in [0.15, 0.2) is 0 Å². The maximum absolute atomic E-state index is 10.1. The second-order valence-corrected chi connectivity index (χ2v) is 4.36. The summed E-state index contributed by atoms with van der Waals surface area (Å²) in [7, 11) is 0. The van der Waals surface area contributed by atoms with E-state index in [2.05, 4.69) is 0 Å². The summed E-state index contributed by atoms with van der Waals surface area (Å²) in [6, 6.07) is 0. The normalized spacial score (nSPS) is 12.8. The highest BCUT2D eigenvalue weighted by atomic mass is 32.2. The molecule has 1 unspecified atom stereocenters. The van der Waals surface area contributed by atoms with Crippen molar-refractivity contribution in [3.8, 4) is 0 Å². The van der Waals surface area contributed by atoms with Crippen LogP contribution in [0.5, 0.6) is 0 Å². The zero-order chi connectivity index (χ0) is 10.1. The first kappa shape index (κ1) is 12.8. The molecule has 0 radical (unpaired) electrons. The fraction of sp³-hybridized carbons (Fsp3) is 0.889. The van der Waals surface area contributed by atoms with Crippen LogP contribution in [0.1, 0.15) is 26.2 Å². The van der Waals surface area contributed by atoms with E-state index >= 15 is 0 Å². The molecule has 0 amide bonds. The molecule has 0 saturated heterocycles. The number of unbranched alkanes of at least 4 members (excludes halogenated alkanes) is 1. The Kier molecular flexibility index (Phi) is 8.24. The zero-order valence-corrected chi connectivity index (χ0v) is 8.85. The van der Waals surface area contributed by atoms with Crippen molar-refractivity contribution in [3.63, 3.8) is 0 Å². The van der Waals surface area contributed by atoms with Gasteiger partial charge in [-0.25, -0.2) is 0 Å². The van der Waals surface area contributed by atoms with E-state index in [0.717, 1.165) is 24.3 Å². The number of hydrogen-bond acceptors (Lipinski definition) is 3. The molecule has 0 rings (SSSR count). The van der Waals surface area contributed by atoms with Crippen molar-refractivity contribution >= 4 is 17.7 Å². The summed E-state index contributed by atoms with van der Waals surface area (Å²) in [6.07, 6.45) is 1.99. The smallest absolute Gasteiger partial charge is 0.303 e. The molecule has 3 nitrogen and oxygen atoms in total. The molecule has 78 valence electrons. The summed E-state index contributed by atoms with van der Waals surface area (Å²) in [5.41, 5.74) is 0. The molecule has 0 aliphatic rings. The van der Waals surface area contributed by atoms with E-state index in [0.29, 0.717) is 5.92 Å². The third-order valence-electron chi connectivity index (χ3n) is 1.64. The van der Waals surface area contributed by atoms with Gasteiger partial charge in [0.2, 0.25) is 0 Å². The summed E-state index contributed by atoms with van der Waals surface area (Å²) in [6.45, 7) is 2.24. The number of rotatable bonds is 8. The number of carboxylic acids is 1. The van der Waals surface area contributed by atoms with Gasteiger partial charge in [-0.15, -0.1) is 0 Å². The van der Waals surface area contributed by atoms with Gasteiger partial charge in [0.25, 0.3) is 0 Å². The van der Waals surface area contributed by atoms with E-state index in [1.807, 2.05) is 6.92 Å². The first-order valence-corrected chi connectivity index (χ1v) is 5.72. The molecule has 0 fully saturated rings. The lowest BCUT2D eigenvalue weighted by molar-refractivity contribution is -0.137. The summed E-state index contributed by atoms with van der Waals surface area (Å²) < 4.78 is 0. The van der Waals surface area contributed by atoms with Crippen molar-refractivity contribution in [1.82, 2.24) is 0 Å². The van der Waals surface area contributed by atoms with Crippen LogP contribution in [0.3, 0.4) is 0 Å². The third kappa shape index (κ3) is 9.70. The Morgan fingerprint density at radius 1 is 1.46 bits per heavy atom. The van der Waals surface area contributed by atoms with Crippen LogP contribution in [0, 0.1) is 5.92 Å². The molecular weight excluding hydrogens is 188 g/mol. The Morgan fingerprint density at radius 2 is 2.15 bits per heavy atom. The lowest BCUT2D eigenvalue weighted by Crippen LogP contribution is -2.04. The van der Waals surface area contributed by atoms with Crippen molar-refractivity contribution in [1.29, 1.82) is 0 Å². The minimum atomic E-state index is -0.714. The third-order valence-corrected chi connectivity index (χ3v) is 3.03. The number of carbonyl (C=O) groups is 1. The molecule has 0 aromatic carbocycles. The predicted molar refractivity (Wildman–Crippen MR) is 55.1 cm³/mol. The minimum Gasteiger partial charge on any atom is -0.481 e. The summed E-state index contributed by atoms with van der Waals surface area (Å²) >= 11 is 1.78. The minimum absolute atomic E-state index is 0.238. The Hall–Kier alpha value is -0.220. The SMILES string of the molecule is CC(CO)CSCCCCC(=O)O. The zero-order valence-electron chi connectivity index (χ0n) is 8.03. The topological polar surface area (TPSA) is 57.5 Å². The van der Waals surface area contributed by atoms with E-state index in [-0.39, 0.29) is 13.0 Å². The van der Waals surface area contributed by atoms with Gasteiger partial charge in [0, 0.05) is 13.0 Å². The molecule has 0 aliphatic heterocycles. The molecular formula is C9H18O3S. The number of aliphatic hydroxyl groups excluding tert-OH is 1. The average Bonchev–Trinajstić information content (AvgIpc) is 2.10. The molecule has 0 aliphatic carbocycles. The number of carboxylic acid groups (broad SMARTS) is 1. The van der Waals surface area contributed by atoms with Crippen molar-refractivity contribution < 1.29 is 15.0 Å². The standard InChI is InChI=1S/C9H18O3S/c1-8(6-10)7-13-5-3-2-4-9(11)12/h8,10H,2-7H2,1H3,(H,11,12). The lowest BCUT2D eigenvalue weighted by atomic mass is 10.2. The maximum Gasteiger partial charge on any atom is 0.303 e. The highest BCUT2D eigenvalue weighted by Gasteiger charge is 2.00. The second kappa shape index (κ2) is 8.38. The molecule has 4 heteroatoms. The number of aliphatic hydroxyl groups is 1. The monoisotopic (exact) mass is 206 g/mol. The highest BCUT2D eigenvalue weighted by molar-refractivity contribution is 7.99. The van der Waals surface area contributed by atoms with Gasteiger partial charge in [0.05, 0.1) is 0 Å². The molecule has 13 heavy (non-hydrogen) atoms. The first-order chi connectivity index (χ1) is 6.16. The Morgan fingerprint density at radius 3 is 2.69 bits per heavy atom. The number of aliphatic carboxylic acids is 1. The summed E-state index contributed by atoms with van der Waals surface area (Å²) in [5, 5.41) is 17.1. The van der Waals surface area contributed by atoms with Crippen LogP contribution < -0.4 is 0 Å². The predicted octanol–water partition coefficient (Wildman–Crippen LogP) is 1.60. The molecule has 1 atom stereocenters. The second-order valence-electron chi connectivity index (χ2n) is 3.21. The van der Waals surface area contributed by atoms with Crippen LogP contribution in [0.15, 0.2) is 0 Å². The number of thioether (sulfide) groups is 1. The van der Waals surface area contributed by atoms with Crippen LogP contribution in [0.2, 0.25) is 0 Å². The van der Waals surface area contributed by atoms with Crippen LogP contribution in [-0.2, 0) is 4.79 Å². The largest absolute Gasteiger partial charge is 0.481 e. The molecule has 0 bridgehead atoms. The summed E-state index contributed by atoms with van der Waals surface area (Å²) in [4.78, 5) is 10.1. The summed E-state index contributed by atoms with van der Waals surface area (Å²) in [5.74, 6) is 1.60. The lowest BCUT2D eigenvalue weighted by Gasteiger charge is -2.06. The van der Waals surface area contributed by atoms with Gasteiger partial charge in [-0.2, -0.15) is 11.8 Å². The Labute approximate surface area is 83.5 Å². The Balaban J connectivity index is 3.04. The quantitative estimate of drug-likeness (QED) is 0.592. The fourth-order valence-electron chi connectivity index (χ4n) is 0.818. The van der Waals surface area contributed by atoms with E-state index in [4.69, 9.17) is 10.2 Å². The van der Waals surface area contributed by atoms with Gasteiger partial charge < -0.3 is 10.2 Å². The fourth-order valence-corrected chi connectivity index (χ4v) is 1.90. The number of hydrogen-bond donors (Lipinski definition) is 2. The van der Waals surface area contributed by atoms with Crippen LogP contribution in [0.25, 0.3) is 0 Å². The molecule has 0 saturated carbocycles. The molecule has 0 spiro atoms. The Bertz CT molecular complexity index is 139. The molecule has 2 N–H and O–H groups in total. The van der Waals surface area contributed by atoms with Crippen molar-refractivity contribution in [2.45, 2.75) is 26.2 Å². The van der Waals surface area contributed by atoms with Crippen LogP contribution in [0.4, 0.5) is 0 Å². The van der Waals surface area contributed by atoms with Crippen molar-refractivity contribution in [2.75, 3.05) is 18.1 Å². The van der Waals surface area contributed by atoms with Gasteiger partial charge in [-0.1, -0.05) is 6.92 Å². The first-order valence-electron chi connectivity index (χ1n) is 4.57. The van der Waals surface area contributed by atoms with Crippen molar-refractivity contribution in [2.24, 2.45) is 5.92 Å². The van der Waals surface area contributed by atoms with Gasteiger partial charge >= 0.3 is 5.97 Å². The van der Waals surface area contributed by atoms with Gasteiger partial charge in [-0.3, -0.25) is 4.79 Å². The molecule has 0 aromatic heterocycles. The average molecular weight is 206 g/mol. The van der Waals surface area contributed by atoms with Crippen molar-refractivity contribution in [3.05, 3.63) is 0 Å².